The largest absolute Gasteiger partial charge is 0.497 e. The molecular formula is C31H33NO6. The maximum Gasteiger partial charge on any atom is 0.355 e. The highest BCUT2D eigenvalue weighted by Gasteiger charge is 2.26. The summed E-state index contributed by atoms with van der Waals surface area (Å²) in [6, 6.07) is 21.4. The summed E-state index contributed by atoms with van der Waals surface area (Å²) in [5.74, 6) is 2.36. The van der Waals surface area contributed by atoms with Gasteiger partial charge in [-0.05, 0) is 79.3 Å². The molecule has 0 spiro atoms. The van der Waals surface area contributed by atoms with Gasteiger partial charge in [-0.3, -0.25) is 0 Å². The molecule has 1 N–H and O–H groups in total. The molecule has 7 nitrogen and oxygen atoms in total. The van der Waals surface area contributed by atoms with E-state index in [1.807, 2.05) is 71.3 Å². The van der Waals surface area contributed by atoms with E-state index in [1.54, 1.807) is 14.0 Å². The van der Waals surface area contributed by atoms with Gasteiger partial charge in [0.25, 0.3) is 0 Å². The lowest BCUT2D eigenvalue weighted by molar-refractivity contribution is 0.0516. The fourth-order valence-corrected chi connectivity index (χ4v) is 4.65. The summed E-state index contributed by atoms with van der Waals surface area (Å²) in [7, 11) is 1.64. The van der Waals surface area contributed by atoms with Crippen LogP contribution in [-0.4, -0.2) is 49.2 Å². The minimum Gasteiger partial charge on any atom is -0.497 e. The first-order valence-electron chi connectivity index (χ1n) is 13.0. The second kappa shape index (κ2) is 11.6. The Morgan fingerprint density at radius 3 is 2.53 bits per heavy atom. The lowest BCUT2D eigenvalue weighted by Crippen LogP contribution is -2.14. The van der Waals surface area contributed by atoms with Gasteiger partial charge in [0.15, 0.2) is 0 Å². The second-order valence-corrected chi connectivity index (χ2v) is 9.41. The van der Waals surface area contributed by atoms with Crippen molar-refractivity contribution >= 4 is 16.9 Å². The van der Waals surface area contributed by atoms with Crippen molar-refractivity contribution in [1.29, 1.82) is 0 Å². The Hall–Kier alpha value is -3.97. The number of benzene rings is 3. The van der Waals surface area contributed by atoms with Crippen molar-refractivity contribution in [2.45, 2.75) is 26.3 Å². The number of methoxy groups -OCH3 is 1. The molecule has 0 unspecified atom stereocenters. The van der Waals surface area contributed by atoms with Gasteiger partial charge in [-0.1, -0.05) is 24.3 Å². The molecule has 1 aliphatic carbocycles. The molecule has 7 heteroatoms. The van der Waals surface area contributed by atoms with E-state index in [4.69, 9.17) is 18.9 Å². The Morgan fingerprint density at radius 1 is 0.974 bits per heavy atom. The zero-order chi connectivity index (χ0) is 26.5. The average molecular weight is 516 g/mol. The smallest absolute Gasteiger partial charge is 0.355 e. The minimum atomic E-state index is -0.399. The van der Waals surface area contributed by atoms with Gasteiger partial charge in [0.05, 0.1) is 26.9 Å². The predicted octanol–water partition coefficient (Wildman–Crippen LogP) is 5.70. The predicted molar refractivity (Wildman–Crippen MR) is 146 cm³/mol. The summed E-state index contributed by atoms with van der Waals surface area (Å²) in [6.07, 6.45) is 2.42. The van der Waals surface area contributed by atoms with Crippen molar-refractivity contribution in [2.75, 3.05) is 33.5 Å². The summed E-state index contributed by atoms with van der Waals surface area (Å²) in [4.78, 5) is 13.5. The number of aliphatic hydroxyl groups is 1. The summed E-state index contributed by atoms with van der Waals surface area (Å²) in [5, 5.41) is 10.1. The number of hydrogen-bond donors (Lipinski definition) is 1. The van der Waals surface area contributed by atoms with Crippen LogP contribution in [0, 0.1) is 5.92 Å². The van der Waals surface area contributed by atoms with Crippen LogP contribution in [-0.2, 0) is 11.3 Å². The Labute approximate surface area is 222 Å². The molecule has 4 aromatic rings. The third kappa shape index (κ3) is 5.63. The van der Waals surface area contributed by atoms with Gasteiger partial charge < -0.3 is 28.6 Å². The zero-order valence-electron chi connectivity index (χ0n) is 21.8. The lowest BCUT2D eigenvalue weighted by atomic mass is 10.0. The molecule has 1 fully saturated rings. The summed E-state index contributed by atoms with van der Waals surface area (Å²) in [5.41, 5.74) is 3.93. The van der Waals surface area contributed by atoms with Crippen molar-refractivity contribution in [2.24, 2.45) is 5.92 Å². The monoisotopic (exact) mass is 515 g/mol. The normalized spacial score (nSPS) is 12.9. The Morgan fingerprint density at radius 2 is 1.76 bits per heavy atom. The highest BCUT2D eigenvalue weighted by atomic mass is 16.5. The minimum absolute atomic E-state index is 0.0871. The number of esters is 1. The number of aliphatic hydroxyl groups excluding tert-OH is 1. The van der Waals surface area contributed by atoms with E-state index in [9.17, 15) is 9.90 Å². The maximum absolute atomic E-state index is 13.5. The Kier molecular flexibility index (Phi) is 7.84. The highest BCUT2D eigenvalue weighted by Crippen LogP contribution is 2.39. The van der Waals surface area contributed by atoms with E-state index in [0.717, 1.165) is 39.1 Å². The standard InChI is InChI=1S/C31H33NO6/c1-3-36-31(34)30-29(23-7-5-9-25(17-23)38-20-21-10-11-21)27-18-26(37-15-14-33)12-13-28(27)32(30)19-22-6-4-8-24(16-22)35-2/h4-9,12-13,16-18,21,33H,3,10-11,14-15,19-20H2,1-2H3. The van der Waals surface area contributed by atoms with Crippen LogP contribution in [0.5, 0.6) is 17.2 Å². The van der Waals surface area contributed by atoms with Crippen molar-refractivity contribution < 1.29 is 28.8 Å². The fraction of sp³-hybridized carbons (Fsp3) is 0.323. The van der Waals surface area contributed by atoms with Crippen LogP contribution in [0.25, 0.3) is 22.0 Å². The molecule has 3 aromatic carbocycles. The van der Waals surface area contributed by atoms with E-state index >= 15 is 0 Å². The summed E-state index contributed by atoms with van der Waals surface area (Å²) < 4.78 is 24.8. The van der Waals surface area contributed by atoms with E-state index < -0.39 is 5.97 Å². The molecule has 5 rings (SSSR count). The highest BCUT2D eigenvalue weighted by molar-refractivity contribution is 6.09. The third-order valence-corrected chi connectivity index (χ3v) is 6.64. The zero-order valence-corrected chi connectivity index (χ0v) is 21.8. The topological polar surface area (TPSA) is 79.2 Å². The van der Waals surface area contributed by atoms with E-state index in [-0.39, 0.29) is 19.8 Å². The van der Waals surface area contributed by atoms with Crippen molar-refractivity contribution in [3.05, 3.63) is 78.0 Å². The summed E-state index contributed by atoms with van der Waals surface area (Å²) >= 11 is 0. The van der Waals surface area contributed by atoms with Crippen molar-refractivity contribution in [3.8, 4) is 28.4 Å². The Bertz CT molecular complexity index is 1420. The van der Waals surface area contributed by atoms with Gasteiger partial charge in [0, 0.05) is 23.0 Å². The van der Waals surface area contributed by atoms with E-state index in [2.05, 4.69) is 0 Å². The number of rotatable bonds is 12. The molecule has 1 aliphatic rings. The van der Waals surface area contributed by atoms with Crippen LogP contribution in [0.3, 0.4) is 0 Å². The second-order valence-electron chi connectivity index (χ2n) is 9.41. The van der Waals surface area contributed by atoms with Gasteiger partial charge >= 0.3 is 5.97 Å². The van der Waals surface area contributed by atoms with Crippen LogP contribution in [0.2, 0.25) is 0 Å². The van der Waals surface area contributed by atoms with E-state index in [1.165, 1.54) is 12.8 Å². The van der Waals surface area contributed by atoms with Gasteiger partial charge in [0.2, 0.25) is 0 Å². The lowest BCUT2D eigenvalue weighted by Gasteiger charge is -2.13. The van der Waals surface area contributed by atoms with Gasteiger partial charge in [-0.2, -0.15) is 0 Å². The molecule has 0 saturated heterocycles. The molecule has 0 bridgehead atoms. The molecule has 198 valence electrons. The molecular weight excluding hydrogens is 482 g/mol. The first-order valence-corrected chi connectivity index (χ1v) is 13.0. The van der Waals surface area contributed by atoms with Crippen LogP contribution in [0.15, 0.2) is 66.7 Å². The average Bonchev–Trinajstić information content (AvgIpc) is 3.72. The SMILES string of the molecule is CCOC(=O)c1c(-c2cccc(OCC3CC3)c2)c2cc(OCCO)ccc2n1Cc1cccc(OC)c1. The first-order chi connectivity index (χ1) is 18.6. The van der Waals surface area contributed by atoms with Crippen LogP contribution in [0.4, 0.5) is 0 Å². The molecule has 0 aliphatic heterocycles. The maximum atomic E-state index is 13.5. The van der Waals surface area contributed by atoms with Crippen LogP contribution < -0.4 is 14.2 Å². The summed E-state index contributed by atoms with van der Waals surface area (Å²) in [6.45, 7) is 3.30. The number of ether oxygens (including phenoxy) is 4. The molecule has 0 atom stereocenters. The van der Waals surface area contributed by atoms with Gasteiger partial charge in [-0.15, -0.1) is 0 Å². The quantitative estimate of drug-likeness (QED) is 0.244. The number of nitrogens with zero attached hydrogens (tertiary/aromatic N) is 1. The molecule has 1 saturated carbocycles. The molecule has 0 amide bonds. The van der Waals surface area contributed by atoms with Gasteiger partial charge in [0.1, 0.15) is 29.5 Å². The van der Waals surface area contributed by atoms with Crippen molar-refractivity contribution in [1.82, 2.24) is 4.57 Å². The molecule has 1 heterocycles. The molecule has 38 heavy (non-hydrogen) atoms. The van der Waals surface area contributed by atoms with Crippen molar-refractivity contribution in [3.63, 3.8) is 0 Å². The number of carbonyl (C=O) groups excluding carboxylic acids is 1. The molecule has 0 radical (unpaired) electrons. The van der Waals surface area contributed by atoms with Gasteiger partial charge in [-0.25, -0.2) is 4.79 Å². The van der Waals surface area contributed by atoms with Crippen LogP contribution >= 0.6 is 0 Å². The fourth-order valence-electron chi connectivity index (χ4n) is 4.65. The van der Waals surface area contributed by atoms with E-state index in [0.29, 0.717) is 30.5 Å². The Balaban J connectivity index is 1.69. The van der Waals surface area contributed by atoms with Crippen LogP contribution in [0.1, 0.15) is 35.8 Å². The number of aromatic nitrogens is 1. The first kappa shape index (κ1) is 25.7. The number of carbonyl (C=O) groups is 1. The molecule has 1 aromatic heterocycles. The number of fused-ring (bicyclic) bond motifs is 1. The third-order valence-electron chi connectivity index (χ3n) is 6.64. The number of hydrogen-bond acceptors (Lipinski definition) is 6.